The number of hydrogen-bond acceptors (Lipinski definition) is 4. The van der Waals surface area contributed by atoms with Gasteiger partial charge in [-0.25, -0.2) is 8.42 Å². The number of hydrogen-bond donors (Lipinski definition) is 1. The summed E-state index contributed by atoms with van der Waals surface area (Å²) in [5.74, 6) is 0.307. The van der Waals surface area contributed by atoms with Crippen molar-refractivity contribution in [2.24, 2.45) is 0 Å². The predicted molar refractivity (Wildman–Crippen MR) is 95.9 cm³/mol. The molecule has 2 aromatic carbocycles. The third-order valence-corrected chi connectivity index (χ3v) is 5.46. The SMILES string of the molecule is Cc1ccc(S(=O)(=O)N(C)CCNC(=O)COc2ccccc2)cc1. The quantitative estimate of drug-likeness (QED) is 0.777. The third-order valence-electron chi connectivity index (χ3n) is 3.59. The Morgan fingerprint density at radius 2 is 1.72 bits per heavy atom. The van der Waals surface area contributed by atoms with E-state index in [0.717, 1.165) is 5.56 Å². The Morgan fingerprint density at radius 1 is 1.08 bits per heavy atom. The number of nitrogens with zero attached hydrogens (tertiary/aromatic N) is 1. The van der Waals surface area contributed by atoms with Crippen LogP contribution in [0.2, 0.25) is 0 Å². The Bertz CT molecular complexity index is 790. The zero-order chi connectivity index (χ0) is 18.3. The largest absolute Gasteiger partial charge is 0.484 e. The van der Waals surface area contributed by atoms with Crippen molar-refractivity contribution in [3.05, 3.63) is 60.2 Å². The first-order valence-corrected chi connectivity index (χ1v) is 9.31. The van der Waals surface area contributed by atoms with E-state index in [1.165, 1.54) is 11.4 Å². The van der Waals surface area contributed by atoms with Crippen LogP contribution in [0.5, 0.6) is 5.75 Å². The smallest absolute Gasteiger partial charge is 0.257 e. The van der Waals surface area contributed by atoms with Crippen LogP contribution in [-0.4, -0.2) is 45.4 Å². The zero-order valence-electron chi connectivity index (χ0n) is 14.3. The second kappa shape index (κ2) is 8.64. The lowest BCUT2D eigenvalue weighted by Gasteiger charge is -2.17. The second-order valence-corrected chi connectivity index (χ2v) is 7.64. The van der Waals surface area contributed by atoms with Gasteiger partial charge in [-0.1, -0.05) is 35.9 Å². The molecule has 0 aliphatic rings. The zero-order valence-corrected chi connectivity index (χ0v) is 15.1. The monoisotopic (exact) mass is 362 g/mol. The third kappa shape index (κ3) is 5.58. The summed E-state index contributed by atoms with van der Waals surface area (Å²) in [4.78, 5) is 12.0. The minimum atomic E-state index is -3.56. The highest BCUT2D eigenvalue weighted by atomic mass is 32.2. The molecule has 0 unspecified atom stereocenters. The number of rotatable bonds is 8. The van der Waals surface area contributed by atoms with Crippen molar-refractivity contribution in [2.75, 3.05) is 26.7 Å². The maximum Gasteiger partial charge on any atom is 0.257 e. The van der Waals surface area contributed by atoms with Crippen molar-refractivity contribution in [3.63, 3.8) is 0 Å². The molecule has 0 saturated heterocycles. The summed E-state index contributed by atoms with van der Waals surface area (Å²) in [5.41, 5.74) is 0.993. The van der Waals surface area contributed by atoms with Gasteiger partial charge in [-0.15, -0.1) is 0 Å². The van der Waals surface area contributed by atoms with Gasteiger partial charge in [0.25, 0.3) is 5.91 Å². The van der Waals surface area contributed by atoms with Crippen molar-refractivity contribution < 1.29 is 17.9 Å². The van der Waals surface area contributed by atoms with Crippen LogP contribution >= 0.6 is 0 Å². The highest BCUT2D eigenvalue weighted by molar-refractivity contribution is 7.89. The van der Waals surface area contributed by atoms with Gasteiger partial charge in [0.2, 0.25) is 10.0 Å². The van der Waals surface area contributed by atoms with Gasteiger partial charge < -0.3 is 10.1 Å². The summed E-state index contributed by atoms with van der Waals surface area (Å²) in [5, 5.41) is 2.65. The number of ether oxygens (including phenoxy) is 1. The molecule has 1 N–H and O–H groups in total. The maximum absolute atomic E-state index is 12.4. The lowest BCUT2D eigenvalue weighted by molar-refractivity contribution is -0.123. The van der Waals surface area contributed by atoms with Gasteiger partial charge in [-0.2, -0.15) is 4.31 Å². The van der Waals surface area contributed by atoms with E-state index in [-0.39, 0.29) is 30.5 Å². The molecule has 134 valence electrons. The average Bonchev–Trinajstić information content (AvgIpc) is 2.61. The highest BCUT2D eigenvalue weighted by Gasteiger charge is 2.20. The second-order valence-electron chi connectivity index (χ2n) is 5.59. The van der Waals surface area contributed by atoms with Gasteiger partial charge in [-0.05, 0) is 31.2 Å². The standard InChI is InChI=1S/C18H22N2O4S/c1-15-8-10-17(11-9-15)25(22,23)20(2)13-12-19-18(21)14-24-16-6-4-3-5-7-16/h3-11H,12-14H2,1-2H3,(H,19,21). The van der Waals surface area contributed by atoms with Gasteiger partial charge in [0.15, 0.2) is 6.61 Å². The number of nitrogens with one attached hydrogen (secondary N) is 1. The fraction of sp³-hybridized carbons (Fsp3) is 0.278. The first kappa shape index (κ1) is 19.0. The number of carbonyl (C=O) groups excluding carboxylic acids is 1. The maximum atomic E-state index is 12.4. The Hall–Kier alpha value is -2.38. The molecule has 6 nitrogen and oxygen atoms in total. The van der Waals surface area contributed by atoms with Gasteiger partial charge in [0.05, 0.1) is 4.90 Å². The van der Waals surface area contributed by atoms with Gasteiger partial charge >= 0.3 is 0 Å². The van der Waals surface area contributed by atoms with E-state index in [9.17, 15) is 13.2 Å². The minimum Gasteiger partial charge on any atom is -0.484 e. The first-order valence-electron chi connectivity index (χ1n) is 7.87. The van der Waals surface area contributed by atoms with Gasteiger partial charge in [-0.3, -0.25) is 4.79 Å². The average molecular weight is 362 g/mol. The van der Waals surface area contributed by atoms with Gasteiger partial charge in [0, 0.05) is 20.1 Å². The number of carbonyl (C=O) groups is 1. The molecule has 0 bridgehead atoms. The molecular weight excluding hydrogens is 340 g/mol. The Labute approximate surface area is 148 Å². The van der Waals surface area contributed by atoms with Crippen molar-refractivity contribution in [1.29, 1.82) is 0 Å². The fourth-order valence-electron chi connectivity index (χ4n) is 2.08. The van der Waals surface area contributed by atoms with Crippen LogP contribution in [0, 0.1) is 6.92 Å². The Morgan fingerprint density at radius 3 is 2.36 bits per heavy atom. The number of likely N-dealkylation sites (N-methyl/N-ethyl adjacent to an activating group) is 1. The molecule has 0 heterocycles. The van der Waals surface area contributed by atoms with E-state index in [0.29, 0.717) is 5.75 Å². The lowest BCUT2D eigenvalue weighted by Crippen LogP contribution is -2.37. The molecule has 2 aromatic rings. The van der Waals surface area contributed by atoms with Crippen LogP contribution in [0.3, 0.4) is 0 Å². The summed E-state index contributed by atoms with van der Waals surface area (Å²) in [6.07, 6.45) is 0. The highest BCUT2D eigenvalue weighted by Crippen LogP contribution is 2.14. The van der Waals surface area contributed by atoms with Crippen LogP contribution in [0.25, 0.3) is 0 Å². The van der Waals surface area contributed by atoms with E-state index >= 15 is 0 Å². The minimum absolute atomic E-state index is 0.113. The lowest BCUT2D eigenvalue weighted by atomic mass is 10.2. The van der Waals surface area contributed by atoms with Crippen LogP contribution in [0.15, 0.2) is 59.5 Å². The normalized spacial score (nSPS) is 11.3. The molecule has 0 aliphatic carbocycles. The first-order chi connectivity index (χ1) is 11.9. The number of sulfonamides is 1. The van der Waals surface area contributed by atoms with E-state index in [2.05, 4.69) is 5.32 Å². The summed E-state index contributed by atoms with van der Waals surface area (Å²) in [7, 11) is -2.07. The van der Waals surface area contributed by atoms with Crippen LogP contribution < -0.4 is 10.1 Å². The molecule has 2 rings (SSSR count). The van der Waals surface area contributed by atoms with Crippen LogP contribution in [-0.2, 0) is 14.8 Å². The predicted octanol–water partition coefficient (Wildman–Crippen LogP) is 1.81. The van der Waals surface area contributed by atoms with Crippen molar-refractivity contribution in [3.8, 4) is 5.75 Å². The Balaban J connectivity index is 1.78. The molecule has 7 heteroatoms. The molecule has 25 heavy (non-hydrogen) atoms. The molecule has 1 amide bonds. The Kier molecular flexibility index (Phi) is 6.55. The van der Waals surface area contributed by atoms with Crippen molar-refractivity contribution >= 4 is 15.9 Å². The van der Waals surface area contributed by atoms with Gasteiger partial charge in [0.1, 0.15) is 5.75 Å². The molecule has 0 spiro atoms. The molecular formula is C18H22N2O4S. The van der Waals surface area contributed by atoms with Crippen LogP contribution in [0.4, 0.5) is 0 Å². The number of amides is 1. The molecule has 0 fully saturated rings. The summed E-state index contributed by atoms with van der Waals surface area (Å²) in [6, 6.07) is 15.7. The molecule has 0 aliphatic heterocycles. The topological polar surface area (TPSA) is 75.7 Å². The summed E-state index contributed by atoms with van der Waals surface area (Å²) < 4.78 is 31.4. The number of benzene rings is 2. The van der Waals surface area contributed by atoms with Crippen molar-refractivity contribution in [2.45, 2.75) is 11.8 Å². The molecule has 0 radical (unpaired) electrons. The number of para-hydroxylation sites is 1. The number of aryl methyl sites for hydroxylation is 1. The van der Waals surface area contributed by atoms with E-state index in [1.807, 2.05) is 25.1 Å². The van der Waals surface area contributed by atoms with E-state index < -0.39 is 10.0 Å². The molecule has 0 saturated carbocycles. The molecule has 0 atom stereocenters. The van der Waals surface area contributed by atoms with E-state index in [4.69, 9.17) is 4.74 Å². The van der Waals surface area contributed by atoms with Crippen LogP contribution in [0.1, 0.15) is 5.56 Å². The fourth-order valence-corrected chi connectivity index (χ4v) is 3.25. The molecule has 0 aromatic heterocycles. The summed E-state index contributed by atoms with van der Waals surface area (Å²) >= 11 is 0. The van der Waals surface area contributed by atoms with Crippen molar-refractivity contribution in [1.82, 2.24) is 9.62 Å². The summed E-state index contributed by atoms with van der Waals surface area (Å²) in [6.45, 7) is 2.16. The van der Waals surface area contributed by atoms with E-state index in [1.54, 1.807) is 36.4 Å².